The zero-order valence-corrected chi connectivity index (χ0v) is 17.5. The van der Waals surface area contributed by atoms with Gasteiger partial charge >= 0.3 is 0 Å². The molecule has 2 aromatic carbocycles. The van der Waals surface area contributed by atoms with Crippen LogP contribution in [0, 0.1) is 0 Å². The lowest BCUT2D eigenvalue weighted by molar-refractivity contribution is 0.108. The van der Waals surface area contributed by atoms with E-state index < -0.39 is 0 Å². The number of aryl methyl sites for hydroxylation is 1. The van der Waals surface area contributed by atoms with Crippen LogP contribution in [0.1, 0.15) is 68.6 Å². The van der Waals surface area contributed by atoms with Gasteiger partial charge in [-0.1, -0.05) is 83.6 Å². The van der Waals surface area contributed by atoms with E-state index in [4.69, 9.17) is 0 Å². The molecule has 0 bridgehead atoms. The van der Waals surface area contributed by atoms with Crippen molar-refractivity contribution in [2.45, 2.75) is 58.8 Å². The van der Waals surface area contributed by atoms with Gasteiger partial charge in [-0.15, -0.1) is 0 Å². The summed E-state index contributed by atoms with van der Waals surface area (Å²) in [5, 5.41) is 10.8. The van der Waals surface area contributed by atoms with Crippen molar-refractivity contribution < 1.29 is 9.90 Å². The Bertz CT molecular complexity index is 730. The quantitative estimate of drug-likeness (QED) is 0.706. The fraction of sp³-hybridized carbons (Fsp3) is 0.435. The summed E-state index contributed by atoms with van der Waals surface area (Å²) in [4.78, 5) is 12.8. The predicted octanol–water partition coefficient (Wildman–Crippen LogP) is 6.10. The molecule has 2 rings (SSSR count). The minimum absolute atomic E-state index is 0.0666. The minimum Gasteiger partial charge on any atom is -0.507 e. The van der Waals surface area contributed by atoms with Crippen molar-refractivity contribution in [3.8, 4) is 5.75 Å². The van der Waals surface area contributed by atoms with Crippen LogP contribution in [0.3, 0.4) is 0 Å². The van der Waals surface area contributed by atoms with Crippen molar-refractivity contribution in [3.05, 3.63) is 64.7 Å². The van der Waals surface area contributed by atoms with Crippen LogP contribution in [0.2, 0.25) is 0 Å². The molecule has 1 N–H and O–H groups in total. The molecule has 0 saturated heterocycles. The standard InChI is InChI=1S/C23H30O2S/c1-22(2,3)18-14-17(15-19(20(18)24)23(4,5)6)21(25)26-13-12-16-10-8-7-9-11-16/h7-11,14-15,24H,12-13H2,1-6H3. The molecule has 0 radical (unpaired) electrons. The summed E-state index contributed by atoms with van der Waals surface area (Å²) in [5.41, 5.74) is 3.12. The highest BCUT2D eigenvalue weighted by molar-refractivity contribution is 8.14. The van der Waals surface area contributed by atoms with Crippen LogP contribution in [0.15, 0.2) is 42.5 Å². The molecule has 3 heteroatoms. The van der Waals surface area contributed by atoms with E-state index in [1.54, 1.807) is 0 Å². The van der Waals surface area contributed by atoms with E-state index in [1.165, 1.54) is 17.3 Å². The molecule has 0 saturated carbocycles. The van der Waals surface area contributed by atoms with Crippen LogP contribution in [0.5, 0.6) is 5.75 Å². The lowest BCUT2D eigenvalue weighted by Crippen LogP contribution is -2.18. The fourth-order valence-electron chi connectivity index (χ4n) is 2.89. The second-order valence-corrected chi connectivity index (χ2v) is 9.86. The molecular weight excluding hydrogens is 340 g/mol. The largest absolute Gasteiger partial charge is 0.507 e. The third-order valence-corrected chi connectivity index (χ3v) is 5.33. The van der Waals surface area contributed by atoms with Crippen molar-refractivity contribution in [1.82, 2.24) is 0 Å². The number of hydrogen-bond acceptors (Lipinski definition) is 3. The molecule has 0 aliphatic rings. The van der Waals surface area contributed by atoms with Gasteiger partial charge in [-0.2, -0.15) is 0 Å². The summed E-state index contributed by atoms with van der Waals surface area (Å²) >= 11 is 1.35. The fourth-order valence-corrected chi connectivity index (χ4v) is 3.69. The average Bonchev–Trinajstić information content (AvgIpc) is 2.53. The highest BCUT2D eigenvalue weighted by Gasteiger charge is 2.27. The Morgan fingerprint density at radius 2 is 1.42 bits per heavy atom. The summed E-state index contributed by atoms with van der Waals surface area (Å²) in [7, 11) is 0. The first kappa shape index (κ1) is 20.6. The highest BCUT2D eigenvalue weighted by Crippen LogP contribution is 2.40. The molecular formula is C23H30O2S. The second-order valence-electron chi connectivity index (χ2n) is 8.79. The summed E-state index contributed by atoms with van der Waals surface area (Å²) in [5.74, 6) is 1.07. The molecule has 0 aliphatic heterocycles. The van der Waals surface area contributed by atoms with Crippen molar-refractivity contribution >= 4 is 16.9 Å². The van der Waals surface area contributed by atoms with Gasteiger partial charge < -0.3 is 5.11 Å². The number of carbonyl (C=O) groups is 1. The first-order chi connectivity index (χ1) is 12.0. The summed E-state index contributed by atoms with van der Waals surface area (Å²) in [6.45, 7) is 12.4. The van der Waals surface area contributed by atoms with E-state index in [1.807, 2.05) is 30.3 Å². The molecule has 140 valence electrons. The number of carbonyl (C=O) groups excluding carboxylic acids is 1. The van der Waals surface area contributed by atoms with Gasteiger partial charge in [0.2, 0.25) is 5.12 Å². The maximum absolute atomic E-state index is 12.8. The van der Waals surface area contributed by atoms with Crippen molar-refractivity contribution in [2.24, 2.45) is 0 Å². The van der Waals surface area contributed by atoms with Gasteiger partial charge in [-0.05, 0) is 34.9 Å². The topological polar surface area (TPSA) is 37.3 Å². The summed E-state index contributed by atoms with van der Waals surface area (Å²) < 4.78 is 0. The van der Waals surface area contributed by atoms with Gasteiger partial charge in [0.1, 0.15) is 5.75 Å². The molecule has 0 aliphatic carbocycles. The number of aromatic hydroxyl groups is 1. The Morgan fingerprint density at radius 3 is 1.88 bits per heavy atom. The van der Waals surface area contributed by atoms with E-state index >= 15 is 0 Å². The average molecular weight is 371 g/mol. The molecule has 2 nitrogen and oxygen atoms in total. The molecule has 0 atom stereocenters. The number of thioether (sulfide) groups is 1. The van der Waals surface area contributed by atoms with Gasteiger partial charge in [-0.25, -0.2) is 0 Å². The van der Waals surface area contributed by atoms with Crippen LogP contribution in [-0.2, 0) is 17.3 Å². The molecule has 0 unspecified atom stereocenters. The minimum atomic E-state index is -0.227. The van der Waals surface area contributed by atoms with Crippen molar-refractivity contribution in [2.75, 3.05) is 5.75 Å². The van der Waals surface area contributed by atoms with Crippen LogP contribution in [0.25, 0.3) is 0 Å². The normalized spacial score (nSPS) is 12.2. The third-order valence-electron chi connectivity index (χ3n) is 4.43. The van der Waals surface area contributed by atoms with Crippen molar-refractivity contribution in [1.29, 1.82) is 0 Å². The number of benzene rings is 2. The molecule has 2 aromatic rings. The van der Waals surface area contributed by atoms with Gasteiger partial charge in [0.05, 0.1) is 0 Å². The van der Waals surface area contributed by atoms with E-state index in [0.717, 1.165) is 23.3 Å². The number of hydrogen-bond donors (Lipinski definition) is 1. The Hall–Kier alpha value is -1.74. The van der Waals surface area contributed by atoms with Crippen LogP contribution in [-0.4, -0.2) is 16.0 Å². The van der Waals surface area contributed by atoms with Crippen LogP contribution < -0.4 is 0 Å². The van der Waals surface area contributed by atoms with E-state index in [9.17, 15) is 9.90 Å². The maximum atomic E-state index is 12.8. The highest BCUT2D eigenvalue weighted by atomic mass is 32.2. The first-order valence-electron chi connectivity index (χ1n) is 9.09. The molecule has 0 heterocycles. The lowest BCUT2D eigenvalue weighted by atomic mass is 9.78. The SMILES string of the molecule is CC(C)(C)c1cc(C(=O)SCCc2ccccc2)cc(C(C)(C)C)c1O. The number of phenols is 1. The second kappa shape index (κ2) is 7.87. The monoisotopic (exact) mass is 370 g/mol. The van der Waals surface area contributed by atoms with Gasteiger partial charge in [0.25, 0.3) is 0 Å². The molecule has 26 heavy (non-hydrogen) atoms. The zero-order valence-electron chi connectivity index (χ0n) is 16.7. The Labute approximate surface area is 162 Å². The predicted molar refractivity (Wildman–Crippen MR) is 112 cm³/mol. The zero-order chi connectivity index (χ0) is 19.5. The molecule has 0 amide bonds. The third kappa shape index (κ3) is 5.14. The Morgan fingerprint density at radius 1 is 0.923 bits per heavy atom. The molecule has 0 fully saturated rings. The van der Waals surface area contributed by atoms with Crippen LogP contribution in [0.4, 0.5) is 0 Å². The molecule has 0 aromatic heterocycles. The number of rotatable bonds is 4. The van der Waals surface area contributed by atoms with Crippen LogP contribution >= 0.6 is 11.8 Å². The van der Waals surface area contributed by atoms with Crippen molar-refractivity contribution in [3.63, 3.8) is 0 Å². The van der Waals surface area contributed by atoms with E-state index in [0.29, 0.717) is 11.3 Å². The molecule has 0 spiro atoms. The van der Waals surface area contributed by atoms with Gasteiger partial charge in [0.15, 0.2) is 0 Å². The number of phenolic OH excluding ortho intramolecular Hbond substituents is 1. The first-order valence-corrected chi connectivity index (χ1v) is 10.1. The van der Waals surface area contributed by atoms with E-state index in [-0.39, 0.29) is 15.9 Å². The smallest absolute Gasteiger partial charge is 0.219 e. The summed E-state index contributed by atoms with van der Waals surface area (Å²) in [6, 6.07) is 13.9. The summed E-state index contributed by atoms with van der Waals surface area (Å²) in [6.07, 6.45) is 0.869. The Kier molecular flexibility index (Phi) is 6.23. The van der Waals surface area contributed by atoms with Gasteiger partial charge in [0, 0.05) is 22.4 Å². The van der Waals surface area contributed by atoms with Gasteiger partial charge in [-0.3, -0.25) is 4.79 Å². The lowest BCUT2D eigenvalue weighted by Gasteiger charge is -2.28. The Balaban J connectivity index is 2.26. The van der Waals surface area contributed by atoms with E-state index in [2.05, 4.69) is 53.7 Å². The maximum Gasteiger partial charge on any atom is 0.219 e.